The Morgan fingerprint density at radius 1 is 0.909 bits per heavy atom. The number of nitrogens with one attached hydrogen (secondary N) is 2. The Hall–Kier alpha value is -2.62. The van der Waals surface area contributed by atoms with Gasteiger partial charge in [-0.25, -0.2) is 0 Å². The summed E-state index contributed by atoms with van der Waals surface area (Å²) in [4.78, 5) is 23.7. The Balaban J connectivity index is 1.80. The average molecular weight is 296 g/mol. The third kappa shape index (κ3) is 4.74. The van der Waals surface area contributed by atoms with Gasteiger partial charge in [0, 0.05) is 12.2 Å². The molecule has 114 valence electrons. The van der Waals surface area contributed by atoms with Crippen LogP contribution < -0.4 is 10.6 Å². The van der Waals surface area contributed by atoms with Crippen LogP contribution in [0.25, 0.3) is 0 Å². The molecule has 0 heterocycles. The summed E-state index contributed by atoms with van der Waals surface area (Å²) in [6, 6.07) is 15.4. The molecular formula is C18H20N2O2. The summed E-state index contributed by atoms with van der Waals surface area (Å²) in [6.45, 7) is 4.35. The topological polar surface area (TPSA) is 58.2 Å². The molecule has 0 atom stereocenters. The molecule has 0 saturated carbocycles. The first kappa shape index (κ1) is 15.8. The number of carbonyl (C=O) groups is 2. The first-order valence-electron chi connectivity index (χ1n) is 7.22. The molecule has 0 saturated heterocycles. The van der Waals surface area contributed by atoms with Crippen molar-refractivity contribution >= 4 is 17.5 Å². The van der Waals surface area contributed by atoms with Crippen molar-refractivity contribution in [2.45, 2.75) is 26.8 Å². The number of aryl methyl sites for hydroxylation is 2. The summed E-state index contributed by atoms with van der Waals surface area (Å²) in [5.74, 6) is -0.595. The van der Waals surface area contributed by atoms with Crippen LogP contribution in [0.2, 0.25) is 0 Å². The minimum absolute atomic E-state index is 0.180. The molecule has 0 aliphatic heterocycles. The Labute approximate surface area is 130 Å². The smallest absolute Gasteiger partial charge is 0.233 e. The lowest BCUT2D eigenvalue weighted by Gasteiger charge is -2.08. The number of hydrogen-bond donors (Lipinski definition) is 2. The highest BCUT2D eigenvalue weighted by Crippen LogP contribution is 2.13. The highest BCUT2D eigenvalue weighted by Gasteiger charge is 2.10. The van der Waals surface area contributed by atoms with Crippen molar-refractivity contribution in [3.8, 4) is 0 Å². The Morgan fingerprint density at radius 3 is 2.27 bits per heavy atom. The zero-order chi connectivity index (χ0) is 15.9. The molecule has 4 nitrogen and oxygen atoms in total. The fourth-order valence-electron chi connectivity index (χ4n) is 2.02. The van der Waals surface area contributed by atoms with Crippen LogP contribution in [0.1, 0.15) is 23.1 Å². The maximum atomic E-state index is 11.9. The van der Waals surface area contributed by atoms with E-state index in [4.69, 9.17) is 0 Å². The van der Waals surface area contributed by atoms with E-state index in [1.807, 2.05) is 62.4 Å². The summed E-state index contributed by atoms with van der Waals surface area (Å²) < 4.78 is 0. The van der Waals surface area contributed by atoms with Gasteiger partial charge in [0.1, 0.15) is 6.42 Å². The van der Waals surface area contributed by atoms with Gasteiger partial charge in [-0.05, 0) is 31.0 Å². The van der Waals surface area contributed by atoms with Crippen LogP contribution in [0.3, 0.4) is 0 Å². The SMILES string of the molecule is Cc1ccc(CNC(=O)CC(=O)Nc2ccccc2C)cc1. The Bertz CT molecular complexity index is 663. The van der Waals surface area contributed by atoms with Crippen molar-refractivity contribution in [3.05, 3.63) is 65.2 Å². The van der Waals surface area contributed by atoms with Gasteiger partial charge in [-0.3, -0.25) is 9.59 Å². The molecule has 2 aromatic rings. The van der Waals surface area contributed by atoms with Crippen LogP contribution in [-0.2, 0) is 16.1 Å². The summed E-state index contributed by atoms with van der Waals surface area (Å²) in [7, 11) is 0. The van der Waals surface area contributed by atoms with Crippen molar-refractivity contribution in [1.82, 2.24) is 5.32 Å². The average Bonchev–Trinajstić information content (AvgIpc) is 2.49. The first-order valence-corrected chi connectivity index (χ1v) is 7.22. The second-order valence-electron chi connectivity index (χ2n) is 5.30. The Kier molecular flexibility index (Phi) is 5.31. The van der Waals surface area contributed by atoms with Gasteiger partial charge in [0.25, 0.3) is 0 Å². The van der Waals surface area contributed by atoms with Gasteiger partial charge in [-0.1, -0.05) is 48.0 Å². The van der Waals surface area contributed by atoms with Crippen LogP contribution in [0.5, 0.6) is 0 Å². The van der Waals surface area contributed by atoms with Gasteiger partial charge >= 0.3 is 0 Å². The molecule has 0 spiro atoms. The summed E-state index contributed by atoms with van der Waals surface area (Å²) in [5.41, 5.74) is 3.89. The van der Waals surface area contributed by atoms with Gasteiger partial charge in [-0.2, -0.15) is 0 Å². The molecule has 0 radical (unpaired) electrons. The van der Waals surface area contributed by atoms with E-state index in [0.29, 0.717) is 6.54 Å². The summed E-state index contributed by atoms with van der Waals surface area (Å²) >= 11 is 0. The largest absolute Gasteiger partial charge is 0.352 e. The van der Waals surface area contributed by atoms with Crippen LogP contribution >= 0.6 is 0 Å². The fraction of sp³-hybridized carbons (Fsp3) is 0.222. The number of rotatable bonds is 5. The molecule has 0 aliphatic rings. The predicted octanol–water partition coefficient (Wildman–Crippen LogP) is 2.95. The maximum absolute atomic E-state index is 11.9. The minimum Gasteiger partial charge on any atom is -0.352 e. The molecule has 0 bridgehead atoms. The van der Waals surface area contributed by atoms with E-state index in [-0.39, 0.29) is 18.2 Å². The van der Waals surface area contributed by atoms with Gasteiger partial charge < -0.3 is 10.6 Å². The van der Waals surface area contributed by atoms with Crippen LogP contribution in [0, 0.1) is 13.8 Å². The fourth-order valence-corrected chi connectivity index (χ4v) is 2.02. The standard InChI is InChI=1S/C18H20N2O2/c1-13-7-9-15(10-8-13)12-19-17(21)11-18(22)20-16-6-4-3-5-14(16)2/h3-10H,11-12H2,1-2H3,(H,19,21)(H,20,22). The van der Waals surface area contributed by atoms with E-state index in [0.717, 1.165) is 16.8 Å². The van der Waals surface area contributed by atoms with Crippen molar-refractivity contribution in [3.63, 3.8) is 0 Å². The lowest BCUT2D eigenvalue weighted by atomic mass is 10.1. The molecule has 0 aliphatic carbocycles. The molecule has 4 heteroatoms. The van der Waals surface area contributed by atoms with E-state index in [2.05, 4.69) is 10.6 Å². The second-order valence-corrected chi connectivity index (χ2v) is 5.30. The molecule has 2 N–H and O–H groups in total. The van der Waals surface area contributed by atoms with Crippen LogP contribution in [-0.4, -0.2) is 11.8 Å². The van der Waals surface area contributed by atoms with E-state index in [9.17, 15) is 9.59 Å². The zero-order valence-corrected chi connectivity index (χ0v) is 12.8. The molecule has 2 aromatic carbocycles. The normalized spacial score (nSPS) is 10.1. The van der Waals surface area contributed by atoms with Gasteiger partial charge in [-0.15, -0.1) is 0 Å². The van der Waals surface area contributed by atoms with Crippen LogP contribution in [0.4, 0.5) is 5.69 Å². The van der Waals surface area contributed by atoms with Gasteiger partial charge in [0.05, 0.1) is 0 Å². The molecule has 2 amide bonds. The molecule has 0 unspecified atom stereocenters. The van der Waals surface area contributed by atoms with E-state index in [1.54, 1.807) is 0 Å². The Morgan fingerprint density at radius 2 is 1.59 bits per heavy atom. The number of amides is 2. The van der Waals surface area contributed by atoms with E-state index < -0.39 is 0 Å². The van der Waals surface area contributed by atoms with Crippen molar-refractivity contribution in [2.75, 3.05) is 5.32 Å². The third-order valence-electron chi connectivity index (χ3n) is 3.35. The third-order valence-corrected chi connectivity index (χ3v) is 3.35. The number of anilines is 1. The van der Waals surface area contributed by atoms with Crippen LogP contribution in [0.15, 0.2) is 48.5 Å². The number of hydrogen-bond acceptors (Lipinski definition) is 2. The molecule has 0 aromatic heterocycles. The molecule has 0 fully saturated rings. The van der Waals surface area contributed by atoms with Crippen molar-refractivity contribution in [1.29, 1.82) is 0 Å². The summed E-state index contributed by atoms with van der Waals surface area (Å²) in [5, 5.41) is 5.50. The minimum atomic E-state index is -0.310. The lowest BCUT2D eigenvalue weighted by Crippen LogP contribution is -2.27. The molecule has 22 heavy (non-hydrogen) atoms. The highest BCUT2D eigenvalue weighted by atomic mass is 16.2. The quantitative estimate of drug-likeness (QED) is 0.833. The van der Waals surface area contributed by atoms with E-state index in [1.165, 1.54) is 5.56 Å². The van der Waals surface area contributed by atoms with E-state index >= 15 is 0 Å². The van der Waals surface area contributed by atoms with Crippen molar-refractivity contribution < 1.29 is 9.59 Å². The summed E-state index contributed by atoms with van der Waals surface area (Å²) in [6.07, 6.45) is -0.180. The van der Waals surface area contributed by atoms with Crippen molar-refractivity contribution in [2.24, 2.45) is 0 Å². The zero-order valence-electron chi connectivity index (χ0n) is 12.8. The first-order chi connectivity index (χ1) is 10.5. The van der Waals surface area contributed by atoms with Gasteiger partial charge in [0.15, 0.2) is 0 Å². The molecular weight excluding hydrogens is 276 g/mol. The maximum Gasteiger partial charge on any atom is 0.233 e. The lowest BCUT2D eigenvalue weighted by molar-refractivity contribution is -0.126. The highest BCUT2D eigenvalue weighted by molar-refractivity contribution is 6.03. The second kappa shape index (κ2) is 7.41. The van der Waals surface area contributed by atoms with Gasteiger partial charge in [0.2, 0.25) is 11.8 Å². The number of carbonyl (C=O) groups excluding carboxylic acids is 2. The predicted molar refractivity (Wildman–Crippen MR) is 87.5 cm³/mol. The monoisotopic (exact) mass is 296 g/mol. The molecule has 2 rings (SSSR count). The number of benzene rings is 2. The number of para-hydroxylation sites is 1.